The van der Waals surface area contributed by atoms with Crippen molar-refractivity contribution < 1.29 is 9.84 Å². The molecule has 1 fully saturated rings. The standard InChI is InChI=1S/C12H20N2O2S/c1-3-11-14-7-10(17-11)6-13-8-12(15)4-5-16-9(12)2/h7,9,13,15H,3-6,8H2,1-2H3. The maximum Gasteiger partial charge on any atom is 0.105 e. The average Bonchev–Trinajstić information content (AvgIpc) is 2.88. The fraction of sp³-hybridized carbons (Fsp3) is 0.750. The van der Waals surface area contributed by atoms with Gasteiger partial charge < -0.3 is 15.2 Å². The van der Waals surface area contributed by atoms with E-state index in [1.54, 1.807) is 11.3 Å². The molecule has 0 aliphatic carbocycles. The lowest BCUT2D eigenvalue weighted by Gasteiger charge is -2.26. The summed E-state index contributed by atoms with van der Waals surface area (Å²) in [5, 5.41) is 14.7. The third kappa shape index (κ3) is 3.04. The van der Waals surface area contributed by atoms with Crippen molar-refractivity contribution in [2.45, 2.75) is 44.9 Å². The van der Waals surface area contributed by atoms with Gasteiger partial charge in [0.25, 0.3) is 0 Å². The average molecular weight is 256 g/mol. The summed E-state index contributed by atoms with van der Waals surface area (Å²) in [6.45, 7) is 6.03. The lowest BCUT2D eigenvalue weighted by Crippen LogP contribution is -2.45. The summed E-state index contributed by atoms with van der Waals surface area (Å²) in [4.78, 5) is 5.53. The zero-order chi connectivity index (χ0) is 12.3. The summed E-state index contributed by atoms with van der Waals surface area (Å²) in [7, 11) is 0. The van der Waals surface area contributed by atoms with Crippen molar-refractivity contribution in [1.82, 2.24) is 10.3 Å². The van der Waals surface area contributed by atoms with Crippen molar-refractivity contribution >= 4 is 11.3 Å². The van der Waals surface area contributed by atoms with Gasteiger partial charge in [0.2, 0.25) is 0 Å². The maximum atomic E-state index is 10.3. The van der Waals surface area contributed by atoms with Crippen LogP contribution in [0.5, 0.6) is 0 Å². The van der Waals surface area contributed by atoms with Gasteiger partial charge in [-0.3, -0.25) is 0 Å². The zero-order valence-corrected chi connectivity index (χ0v) is 11.2. The summed E-state index contributed by atoms with van der Waals surface area (Å²) in [5.41, 5.74) is -0.710. The fourth-order valence-electron chi connectivity index (χ4n) is 2.00. The number of nitrogens with zero attached hydrogens (tertiary/aromatic N) is 1. The van der Waals surface area contributed by atoms with Crippen LogP contribution in [0.2, 0.25) is 0 Å². The maximum absolute atomic E-state index is 10.3. The first kappa shape index (κ1) is 13.0. The van der Waals surface area contributed by atoms with E-state index in [1.165, 1.54) is 4.88 Å². The highest BCUT2D eigenvalue weighted by Crippen LogP contribution is 2.25. The summed E-state index contributed by atoms with van der Waals surface area (Å²) in [5.74, 6) is 0. The fourth-order valence-corrected chi connectivity index (χ4v) is 2.83. The molecule has 1 saturated heterocycles. The number of hydrogen-bond donors (Lipinski definition) is 2. The van der Waals surface area contributed by atoms with Crippen LogP contribution in [0.1, 0.15) is 30.2 Å². The molecule has 0 amide bonds. The Hall–Kier alpha value is -0.490. The topological polar surface area (TPSA) is 54.4 Å². The number of nitrogens with one attached hydrogen (secondary N) is 1. The molecule has 2 N–H and O–H groups in total. The van der Waals surface area contributed by atoms with Crippen molar-refractivity contribution in [2.75, 3.05) is 13.2 Å². The molecule has 1 aromatic rings. The van der Waals surface area contributed by atoms with Crippen LogP contribution in [0.15, 0.2) is 6.20 Å². The molecular weight excluding hydrogens is 236 g/mol. The van der Waals surface area contributed by atoms with Crippen LogP contribution in [-0.2, 0) is 17.7 Å². The third-order valence-corrected chi connectivity index (χ3v) is 4.44. The molecule has 0 aromatic carbocycles. The number of ether oxygens (including phenoxy) is 1. The molecule has 2 rings (SSSR count). The highest BCUT2D eigenvalue weighted by molar-refractivity contribution is 7.11. The van der Waals surface area contributed by atoms with Crippen molar-refractivity contribution in [3.8, 4) is 0 Å². The number of aryl methyl sites for hydroxylation is 1. The van der Waals surface area contributed by atoms with Gasteiger partial charge in [0.15, 0.2) is 0 Å². The number of rotatable bonds is 5. The largest absolute Gasteiger partial charge is 0.386 e. The molecule has 0 saturated carbocycles. The smallest absolute Gasteiger partial charge is 0.105 e. The van der Waals surface area contributed by atoms with Gasteiger partial charge in [-0.15, -0.1) is 11.3 Å². The SMILES string of the molecule is CCc1ncc(CNCC2(O)CCOC2C)s1. The van der Waals surface area contributed by atoms with Crippen LogP contribution in [0.3, 0.4) is 0 Å². The minimum Gasteiger partial charge on any atom is -0.386 e. The van der Waals surface area contributed by atoms with E-state index in [0.717, 1.165) is 18.0 Å². The third-order valence-electron chi connectivity index (χ3n) is 3.29. The van der Waals surface area contributed by atoms with Gasteiger partial charge in [0.1, 0.15) is 5.60 Å². The molecule has 4 nitrogen and oxygen atoms in total. The van der Waals surface area contributed by atoms with Crippen molar-refractivity contribution in [3.63, 3.8) is 0 Å². The van der Waals surface area contributed by atoms with Gasteiger partial charge in [-0.05, 0) is 13.3 Å². The zero-order valence-electron chi connectivity index (χ0n) is 10.4. The number of hydrogen-bond acceptors (Lipinski definition) is 5. The molecule has 2 heterocycles. The van der Waals surface area contributed by atoms with Crippen molar-refractivity contribution in [3.05, 3.63) is 16.1 Å². The van der Waals surface area contributed by atoms with E-state index in [2.05, 4.69) is 17.2 Å². The summed E-state index contributed by atoms with van der Waals surface area (Å²) < 4.78 is 5.39. The highest BCUT2D eigenvalue weighted by atomic mass is 32.1. The van der Waals surface area contributed by atoms with Crippen LogP contribution in [0.25, 0.3) is 0 Å². The van der Waals surface area contributed by atoms with Gasteiger partial charge in [-0.1, -0.05) is 6.92 Å². The molecule has 1 aliphatic rings. The van der Waals surface area contributed by atoms with Gasteiger partial charge >= 0.3 is 0 Å². The van der Waals surface area contributed by atoms with Gasteiger partial charge in [-0.2, -0.15) is 0 Å². The van der Waals surface area contributed by atoms with Gasteiger partial charge in [0, 0.05) is 37.2 Å². The van der Waals surface area contributed by atoms with E-state index in [-0.39, 0.29) is 6.10 Å². The second-order valence-electron chi connectivity index (χ2n) is 4.54. The Morgan fingerprint density at radius 2 is 2.53 bits per heavy atom. The molecule has 2 atom stereocenters. The molecule has 5 heteroatoms. The molecule has 0 bridgehead atoms. The quantitative estimate of drug-likeness (QED) is 0.834. The van der Waals surface area contributed by atoms with Crippen molar-refractivity contribution in [1.29, 1.82) is 0 Å². The highest BCUT2D eigenvalue weighted by Gasteiger charge is 2.38. The summed E-state index contributed by atoms with van der Waals surface area (Å²) in [6, 6.07) is 0. The van der Waals surface area contributed by atoms with E-state index >= 15 is 0 Å². The molecule has 0 radical (unpaired) electrons. The molecule has 2 unspecified atom stereocenters. The van der Waals surface area contributed by atoms with Gasteiger partial charge in [0.05, 0.1) is 11.1 Å². The predicted octanol–water partition coefficient (Wildman–Crippen LogP) is 1.33. The molecule has 96 valence electrons. The molecule has 0 spiro atoms. The Bertz CT molecular complexity index is 369. The summed E-state index contributed by atoms with van der Waals surface area (Å²) >= 11 is 1.73. The lowest BCUT2D eigenvalue weighted by molar-refractivity contribution is -0.0262. The predicted molar refractivity (Wildman–Crippen MR) is 68.2 cm³/mol. The molecular formula is C12H20N2O2S. The second kappa shape index (κ2) is 5.44. The molecule has 1 aromatic heterocycles. The first-order valence-electron chi connectivity index (χ1n) is 6.12. The van der Waals surface area contributed by atoms with E-state index < -0.39 is 5.60 Å². The molecule has 1 aliphatic heterocycles. The Kier molecular flexibility index (Phi) is 4.14. The van der Waals surface area contributed by atoms with E-state index in [4.69, 9.17) is 4.74 Å². The number of aliphatic hydroxyl groups is 1. The van der Waals surface area contributed by atoms with Crippen LogP contribution >= 0.6 is 11.3 Å². The first-order chi connectivity index (χ1) is 8.14. The second-order valence-corrected chi connectivity index (χ2v) is 5.74. The van der Waals surface area contributed by atoms with E-state index in [9.17, 15) is 5.11 Å². The van der Waals surface area contributed by atoms with E-state index in [1.807, 2.05) is 13.1 Å². The van der Waals surface area contributed by atoms with Crippen LogP contribution in [0.4, 0.5) is 0 Å². The number of aromatic nitrogens is 1. The molecule has 17 heavy (non-hydrogen) atoms. The summed E-state index contributed by atoms with van der Waals surface area (Å²) in [6.07, 6.45) is 3.53. The monoisotopic (exact) mass is 256 g/mol. The normalized spacial score (nSPS) is 28.8. The van der Waals surface area contributed by atoms with Gasteiger partial charge in [-0.25, -0.2) is 4.98 Å². The Balaban J connectivity index is 1.79. The van der Waals surface area contributed by atoms with Crippen LogP contribution in [0, 0.1) is 0 Å². The Labute approximate surface area is 106 Å². The Morgan fingerprint density at radius 1 is 1.71 bits per heavy atom. The van der Waals surface area contributed by atoms with Crippen LogP contribution in [-0.4, -0.2) is 34.9 Å². The van der Waals surface area contributed by atoms with Crippen LogP contribution < -0.4 is 5.32 Å². The first-order valence-corrected chi connectivity index (χ1v) is 6.94. The minimum atomic E-state index is -0.710. The van der Waals surface area contributed by atoms with E-state index in [0.29, 0.717) is 19.6 Å². The lowest BCUT2D eigenvalue weighted by atomic mass is 9.97. The Morgan fingerprint density at radius 3 is 3.12 bits per heavy atom. The van der Waals surface area contributed by atoms with Crippen molar-refractivity contribution in [2.24, 2.45) is 0 Å². The number of thiazole rings is 1. The minimum absolute atomic E-state index is 0.0809.